The molecular weight excluding hydrogens is 518 g/mol. The van der Waals surface area contributed by atoms with E-state index in [-0.39, 0.29) is 4.90 Å². The highest BCUT2D eigenvalue weighted by Crippen LogP contribution is 2.48. The van der Waals surface area contributed by atoms with Crippen molar-refractivity contribution < 1.29 is 40.6 Å². The molecule has 1 aliphatic heterocycles. The molecule has 3 aromatic rings. The third-order valence-corrected chi connectivity index (χ3v) is 7.71. The minimum absolute atomic E-state index is 0.290. The Kier molecular flexibility index (Phi) is 6.46. The summed E-state index contributed by atoms with van der Waals surface area (Å²) in [7, 11) is -4.20. The van der Waals surface area contributed by atoms with Crippen LogP contribution in [0.1, 0.15) is 19.3 Å². The number of nitrogens with one attached hydrogen (secondary N) is 1. The number of halogens is 4. The minimum Gasteiger partial charge on any atom is -0.451 e. The van der Waals surface area contributed by atoms with Crippen LogP contribution in [0.2, 0.25) is 0 Å². The van der Waals surface area contributed by atoms with Crippen LogP contribution in [0, 0.1) is 5.82 Å². The second kappa shape index (κ2) is 9.47. The van der Waals surface area contributed by atoms with Gasteiger partial charge in [-0.3, -0.25) is 0 Å². The summed E-state index contributed by atoms with van der Waals surface area (Å²) in [6, 6.07) is 9.48. The van der Waals surface area contributed by atoms with Gasteiger partial charge in [-0.25, -0.2) is 22.5 Å². The van der Waals surface area contributed by atoms with Crippen LogP contribution < -0.4 is 19.1 Å². The number of anilines is 2. The van der Waals surface area contributed by atoms with Gasteiger partial charge in [0.05, 0.1) is 28.8 Å². The number of hydrogen-bond acceptors (Lipinski definition) is 7. The average molecular weight is 540 g/mol. The Morgan fingerprint density at radius 2 is 1.84 bits per heavy atom. The van der Waals surface area contributed by atoms with Gasteiger partial charge in [-0.15, -0.1) is 13.2 Å². The largest absolute Gasteiger partial charge is 0.573 e. The Morgan fingerprint density at radius 3 is 2.57 bits per heavy atom. The number of rotatable bonds is 5. The molecule has 0 radical (unpaired) electrons. The molecule has 0 amide bonds. The molecule has 0 unspecified atom stereocenters. The summed E-state index contributed by atoms with van der Waals surface area (Å²) in [6.45, 7) is 0. The lowest BCUT2D eigenvalue weighted by atomic mass is 9.87. The number of pyridine rings is 1. The second-order valence-electron chi connectivity index (χ2n) is 8.65. The van der Waals surface area contributed by atoms with Crippen molar-refractivity contribution in [3.63, 3.8) is 0 Å². The molecule has 0 saturated heterocycles. The second-order valence-corrected chi connectivity index (χ2v) is 10.4. The Balaban J connectivity index is 1.41. The highest BCUT2D eigenvalue weighted by Gasteiger charge is 2.42. The standard InChI is InChI=1S/C24H21F4N3O5S/c25-14-6-11-20-19(13-14)31(23-21(35-20)5-2-12-29-23)18-4-1-3-17(22(18)32)30-37(33,34)16-9-7-15(8-10-16)36-24(26,27)28/h2,5-13,17-18,22,30,32H,1,3-4H2/t17-,18+,22+/m1/s1. The maximum atomic E-state index is 14.2. The number of ether oxygens (including phenoxy) is 2. The molecule has 13 heteroatoms. The fourth-order valence-corrected chi connectivity index (χ4v) is 5.92. The van der Waals surface area contributed by atoms with E-state index in [0.717, 1.165) is 24.3 Å². The van der Waals surface area contributed by atoms with Gasteiger partial charge < -0.3 is 19.5 Å². The molecule has 2 N–H and O–H groups in total. The Labute approximate surface area is 209 Å². The quantitative estimate of drug-likeness (QED) is 0.456. The molecule has 0 spiro atoms. The predicted octanol–water partition coefficient (Wildman–Crippen LogP) is 4.62. The zero-order valence-electron chi connectivity index (χ0n) is 19.0. The molecule has 2 aromatic carbocycles. The van der Waals surface area contributed by atoms with E-state index in [2.05, 4.69) is 14.4 Å². The third kappa shape index (κ3) is 5.20. The van der Waals surface area contributed by atoms with Crippen LogP contribution in [0.5, 0.6) is 17.2 Å². The van der Waals surface area contributed by atoms with Gasteiger partial charge in [-0.1, -0.05) is 0 Å². The van der Waals surface area contributed by atoms with Crippen molar-refractivity contribution in [2.75, 3.05) is 4.90 Å². The number of nitrogens with zero attached hydrogens (tertiary/aromatic N) is 2. The third-order valence-electron chi connectivity index (χ3n) is 6.21. The van der Waals surface area contributed by atoms with Crippen molar-refractivity contribution in [3.8, 4) is 17.2 Å². The number of aliphatic hydroxyl groups excluding tert-OH is 1. The van der Waals surface area contributed by atoms with Gasteiger partial charge in [0.25, 0.3) is 0 Å². The van der Waals surface area contributed by atoms with Crippen molar-refractivity contribution in [1.82, 2.24) is 9.71 Å². The minimum atomic E-state index is -4.91. The van der Waals surface area contributed by atoms with Gasteiger partial charge in [0.2, 0.25) is 10.0 Å². The first-order valence-electron chi connectivity index (χ1n) is 11.3. The summed E-state index contributed by atoms with van der Waals surface area (Å²) >= 11 is 0. The van der Waals surface area contributed by atoms with E-state index < -0.39 is 46.1 Å². The first-order valence-corrected chi connectivity index (χ1v) is 12.8. The fraction of sp³-hybridized carbons (Fsp3) is 0.292. The summed E-state index contributed by atoms with van der Waals surface area (Å²) in [5, 5.41) is 11.3. The van der Waals surface area contributed by atoms with E-state index in [1.54, 1.807) is 17.0 Å². The molecule has 5 rings (SSSR count). The van der Waals surface area contributed by atoms with Crippen molar-refractivity contribution in [2.45, 2.75) is 48.7 Å². The smallest absolute Gasteiger partial charge is 0.451 e. The van der Waals surface area contributed by atoms with Crippen LogP contribution in [-0.4, -0.2) is 43.1 Å². The van der Waals surface area contributed by atoms with E-state index in [9.17, 15) is 31.1 Å². The molecule has 1 aromatic heterocycles. The fourth-order valence-electron chi connectivity index (χ4n) is 4.63. The lowest BCUT2D eigenvalue weighted by Gasteiger charge is -2.44. The zero-order valence-corrected chi connectivity index (χ0v) is 19.8. The summed E-state index contributed by atoms with van der Waals surface area (Å²) in [5.41, 5.74) is 0.346. The summed E-state index contributed by atoms with van der Waals surface area (Å²) in [6.07, 6.45) is -3.33. The number of aromatic nitrogens is 1. The van der Waals surface area contributed by atoms with Gasteiger partial charge in [0.1, 0.15) is 11.6 Å². The molecule has 2 aliphatic rings. The molecular formula is C24H21F4N3O5S. The number of benzene rings is 2. The molecule has 3 atom stereocenters. The first-order chi connectivity index (χ1) is 17.5. The maximum Gasteiger partial charge on any atom is 0.573 e. The lowest BCUT2D eigenvalue weighted by molar-refractivity contribution is -0.274. The highest BCUT2D eigenvalue weighted by atomic mass is 32.2. The molecule has 1 saturated carbocycles. The molecule has 2 heterocycles. The molecule has 0 bridgehead atoms. The van der Waals surface area contributed by atoms with Crippen molar-refractivity contribution in [1.29, 1.82) is 0 Å². The van der Waals surface area contributed by atoms with Crippen molar-refractivity contribution in [2.24, 2.45) is 0 Å². The monoisotopic (exact) mass is 539 g/mol. The molecule has 8 nitrogen and oxygen atoms in total. The average Bonchev–Trinajstić information content (AvgIpc) is 2.83. The number of alkyl halides is 3. The summed E-state index contributed by atoms with van der Waals surface area (Å²) < 4.78 is 89.5. The Morgan fingerprint density at radius 1 is 1.08 bits per heavy atom. The van der Waals surface area contributed by atoms with E-state index in [1.165, 1.54) is 24.4 Å². The van der Waals surface area contributed by atoms with Gasteiger partial charge in [-0.05, 0) is 67.8 Å². The van der Waals surface area contributed by atoms with Crippen LogP contribution in [-0.2, 0) is 10.0 Å². The summed E-state index contributed by atoms with van der Waals surface area (Å²) in [5.74, 6) is 0.0323. The number of hydrogen-bond donors (Lipinski definition) is 2. The molecule has 1 aliphatic carbocycles. The van der Waals surface area contributed by atoms with E-state index >= 15 is 0 Å². The van der Waals surface area contributed by atoms with Crippen LogP contribution in [0.15, 0.2) is 65.7 Å². The van der Waals surface area contributed by atoms with E-state index in [0.29, 0.717) is 42.3 Å². The van der Waals surface area contributed by atoms with Crippen LogP contribution in [0.3, 0.4) is 0 Å². The number of aliphatic hydroxyl groups is 1. The van der Waals surface area contributed by atoms with Crippen molar-refractivity contribution >= 4 is 21.5 Å². The molecule has 196 valence electrons. The highest BCUT2D eigenvalue weighted by molar-refractivity contribution is 7.89. The maximum absolute atomic E-state index is 14.2. The molecule has 37 heavy (non-hydrogen) atoms. The van der Waals surface area contributed by atoms with Gasteiger partial charge in [-0.2, -0.15) is 0 Å². The number of fused-ring (bicyclic) bond motifs is 2. The topological polar surface area (TPSA) is 101 Å². The van der Waals surface area contributed by atoms with E-state index in [1.807, 2.05) is 0 Å². The molecule has 1 fully saturated rings. The summed E-state index contributed by atoms with van der Waals surface area (Å²) in [4.78, 5) is 5.73. The first kappa shape index (κ1) is 25.2. The van der Waals surface area contributed by atoms with Crippen LogP contribution >= 0.6 is 0 Å². The SMILES string of the molecule is O=S(=O)(N[C@@H]1CCC[C@H](N2c3cc(F)ccc3Oc3cccnc32)[C@H]1O)c1ccc(OC(F)(F)F)cc1. The predicted molar refractivity (Wildman–Crippen MR) is 124 cm³/mol. The van der Waals surface area contributed by atoms with Gasteiger partial charge in [0, 0.05) is 12.3 Å². The van der Waals surface area contributed by atoms with Gasteiger partial charge in [0.15, 0.2) is 17.3 Å². The van der Waals surface area contributed by atoms with E-state index in [4.69, 9.17) is 4.74 Å². The van der Waals surface area contributed by atoms with Crippen LogP contribution in [0.25, 0.3) is 0 Å². The van der Waals surface area contributed by atoms with Gasteiger partial charge >= 0.3 is 6.36 Å². The lowest BCUT2D eigenvalue weighted by Crippen LogP contribution is -2.56. The normalized spacial score (nSPS) is 21.5. The Hall–Kier alpha value is -3.42. The Bertz CT molecular complexity index is 1400. The van der Waals surface area contributed by atoms with Crippen molar-refractivity contribution in [3.05, 3.63) is 66.6 Å². The van der Waals surface area contributed by atoms with Crippen LogP contribution in [0.4, 0.5) is 29.1 Å². The zero-order chi connectivity index (χ0) is 26.4. The number of sulfonamides is 1.